The molecule has 0 spiro atoms. The number of nitrogens with zero attached hydrogens (tertiary/aromatic N) is 1. The molecule has 6 nitrogen and oxygen atoms in total. The van der Waals surface area contributed by atoms with Gasteiger partial charge in [0.15, 0.2) is 0 Å². The molecule has 0 saturated carbocycles. The van der Waals surface area contributed by atoms with Gasteiger partial charge in [0.05, 0.1) is 0 Å². The summed E-state index contributed by atoms with van der Waals surface area (Å²) in [6, 6.07) is -0.716. The first-order valence-electron chi connectivity index (χ1n) is 4.79. The second-order valence-electron chi connectivity index (χ2n) is 3.41. The zero-order valence-corrected chi connectivity index (χ0v) is 8.52. The van der Waals surface area contributed by atoms with Crippen molar-refractivity contribution in [2.75, 3.05) is 13.6 Å². The Morgan fingerprint density at radius 1 is 1.47 bits per heavy atom. The molecule has 0 aromatic rings. The van der Waals surface area contributed by atoms with E-state index in [0.29, 0.717) is 0 Å². The van der Waals surface area contributed by atoms with Crippen LogP contribution in [0.15, 0.2) is 0 Å². The highest BCUT2D eigenvalue weighted by atomic mass is 16.4. The minimum absolute atomic E-state index is 0.176. The summed E-state index contributed by atoms with van der Waals surface area (Å²) in [5.41, 5.74) is 0. The highest BCUT2D eigenvalue weighted by molar-refractivity contribution is 6.01. The van der Waals surface area contributed by atoms with Crippen LogP contribution in [-0.4, -0.2) is 47.4 Å². The van der Waals surface area contributed by atoms with Crippen molar-refractivity contribution >= 4 is 17.8 Å². The number of carboxylic acids is 1. The van der Waals surface area contributed by atoms with E-state index in [-0.39, 0.29) is 37.6 Å². The summed E-state index contributed by atoms with van der Waals surface area (Å²) in [4.78, 5) is 34.2. The van der Waals surface area contributed by atoms with E-state index in [1.807, 2.05) is 0 Å². The van der Waals surface area contributed by atoms with Gasteiger partial charge in [-0.25, -0.2) is 0 Å². The average Bonchev–Trinajstić information content (AvgIpc) is 2.49. The zero-order chi connectivity index (χ0) is 11.4. The average molecular weight is 214 g/mol. The minimum atomic E-state index is -0.975. The fraction of sp³-hybridized carbons (Fsp3) is 0.667. The van der Waals surface area contributed by atoms with Crippen LogP contribution in [0.4, 0.5) is 0 Å². The van der Waals surface area contributed by atoms with Gasteiger partial charge < -0.3 is 10.4 Å². The van der Waals surface area contributed by atoms with Crippen molar-refractivity contribution in [2.24, 2.45) is 0 Å². The second-order valence-corrected chi connectivity index (χ2v) is 3.41. The summed E-state index contributed by atoms with van der Waals surface area (Å²) in [5, 5.41) is 11.3. The molecular formula is C9H14N2O4. The summed E-state index contributed by atoms with van der Waals surface area (Å²) < 4.78 is 0. The first kappa shape index (κ1) is 11.6. The maximum atomic E-state index is 11.2. The number of hydrogen-bond acceptors (Lipinski definition) is 4. The molecule has 1 aliphatic rings. The van der Waals surface area contributed by atoms with Crippen molar-refractivity contribution in [2.45, 2.75) is 25.3 Å². The molecule has 15 heavy (non-hydrogen) atoms. The summed E-state index contributed by atoms with van der Waals surface area (Å²) in [5.74, 6) is -1.39. The molecule has 1 rings (SSSR count). The molecule has 1 unspecified atom stereocenters. The topological polar surface area (TPSA) is 86.7 Å². The fourth-order valence-corrected chi connectivity index (χ4v) is 1.52. The molecular weight excluding hydrogens is 200 g/mol. The Bertz CT molecular complexity index is 274. The number of nitrogens with one attached hydrogen (secondary N) is 1. The molecule has 0 bridgehead atoms. The van der Waals surface area contributed by atoms with E-state index in [1.54, 1.807) is 0 Å². The van der Waals surface area contributed by atoms with Gasteiger partial charge >= 0.3 is 5.97 Å². The Morgan fingerprint density at radius 2 is 2.00 bits per heavy atom. The van der Waals surface area contributed by atoms with E-state index in [4.69, 9.17) is 5.11 Å². The molecule has 0 aromatic heterocycles. The first-order chi connectivity index (χ1) is 7.06. The van der Waals surface area contributed by atoms with Crippen LogP contribution in [0.3, 0.4) is 0 Å². The Labute approximate surface area is 87.2 Å². The quantitative estimate of drug-likeness (QED) is 0.585. The van der Waals surface area contributed by atoms with E-state index in [2.05, 4.69) is 5.32 Å². The number of carbonyl (C=O) groups is 3. The lowest BCUT2D eigenvalue weighted by Crippen LogP contribution is -2.39. The predicted octanol–water partition coefficient (Wildman–Crippen LogP) is -0.802. The van der Waals surface area contributed by atoms with Crippen LogP contribution in [-0.2, 0) is 14.4 Å². The van der Waals surface area contributed by atoms with Gasteiger partial charge in [-0.2, -0.15) is 0 Å². The molecule has 1 aliphatic heterocycles. The Balaban J connectivity index is 2.45. The third kappa shape index (κ3) is 2.76. The highest BCUT2D eigenvalue weighted by Crippen LogP contribution is 2.12. The second kappa shape index (κ2) is 4.88. The zero-order valence-electron chi connectivity index (χ0n) is 8.52. The highest BCUT2D eigenvalue weighted by Gasteiger charge is 2.29. The van der Waals surface area contributed by atoms with E-state index < -0.39 is 12.0 Å². The normalized spacial score (nSPS) is 18.3. The molecule has 1 heterocycles. The fourth-order valence-electron chi connectivity index (χ4n) is 1.52. The predicted molar refractivity (Wildman–Crippen MR) is 51.1 cm³/mol. The lowest BCUT2D eigenvalue weighted by molar-refractivity contribution is -0.142. The van der Waals surface area contributed by atoms with Gasteiger partial charge in [0, 0.05) is 19.4 Å². The summed E-state index contributed by atoms with van der Waals surface area (Å²) >= 11 is 0. The largest absolute Gasteiger partial charge is 0.480 e. The smallest absolute Gasteiger partial charge is 0.320 e. The van der Waals surface area contributed by atoms with E-state index in [0.717, 1.165) is 4.90 Å². The third-order valence-corrected chi connectivity index (χ3v) is 2.44. The van der Waals surface area contributed by atoms with Crippen LogP contribution in [0.2, 0.25) is 0 Å². The molecule has 1 atom stereocenters. The van der Waals surface area contributed by atoms with E-state index in [1.165, 1.54) is 7.05 Å². The monoisotopic (exact) mass is 214 g/mol. The number of carboxylic acid groups (broad SMARTS) is 1. The Kier molecular flexibility index (Phi) is 3.79. The number of aliphatic carboxylic acids is 1. The number of likely N-dealkylation sites (tertiary alicyclic amines) is 1. The SMILES string of the molecule is CNC(CCN1C(=O)CCC1=O)C(=O)O. The number of hydrogen-bond donors (Lipinski definition) is 2. The summed E-state index contributed by atoms with van der Waals surface area (Å²) in [6.45, 7) is 0.176. The van der Waals surface area contributed by atoms with Gasteiger partial charge in [-0.05, 0) is 13.5 Å². The molecule has 6 heteroatoms. The van der Waals surface area contributed by atoms with Crippen LogP contribution in [0.5, 0.6) is 0 Å². The molecule has 1 fully saturated rings. The van der Waals surface area contributed by atoms with Gasteiger partial charge in [-0.3, -0.25) is 19.3 Å². The molecule has 0 aliphatic carbocycles. The van der Waals surface area contributed by atoms with Crippen molar-refractivity contribution in [1.29, 1.82) is 0 Å². The van der Waals surface area contributed by atoms with Gasteiger partial charge in [0.25, 0.3) is 0 Å². The molecule has 1 saturated heterocycles. The van der Waals surface area contributed by atoms with Crippen molar-refractivity contribution in [3.05, 3.63) is 0 Å². The number of carbonyl (C=O) groups excluding carboxylic acids is 2. The van der Waals surface area contributed by atoms with Crippen LogP contribution in [0.25, 0.3) is 0 Å². The van der Waals surface area contributed by atoms with Crippen LogP contribution < -0.4 is 5.32 Å². The number of amides is 2. The van der Waals surface area contributed by atoms with Gasteiger partial charge in [-0.15, -0.1) is 0 Å². The van der Waals surface area contributed by atoms with Crippen LogP contribution in [0, 0.1) is 0 Å². The molecule has 84 valence electrons. The van der Waals surface area contributed by atoms with E-state index >= 15 is 0 Å². The summed E-state index contributed by atoms with van der Waals surface area (Å²) in [7, 11) is 1.53. The molecule has 2 N–H and O–H groups in total. The molecule has 2 amide bonds. The molecule has 0 radical (unpaired) electrons. The standard InChI is InChI=1S/C9H14N2O4/c1-10-6(9(14)15)4-5-11-7(12)2-3-8(11)13/h6,10H,2-5H2,1H3,(H,14,15). The first-order valence-corrected chi connectivity index (χ1v) is 4.79. The van der Waals surface area contributed by atoms with E-state index in [9.17, 15) is 14.4 Å². The lowest BCUT2D eigenvalue weighted by Gasteiger charge is -2.16. The lowest BCUT2D eigenvalue weighted by atomic mass is 10.2. The van der Waals surface area contributed by atoms with Gasteiger partial charge in [0.1, 0.15) is 6.04 Å². The molecule has 0 aromatic carbocycles. The minimum Gasteiger partial charge on any atom is -0.480 e. The van der Waals surface area contributed by atoms with Crippen molar-refractivity contribution in [3.63, 3.8) is 0 Å². The van der Waals surface area contributed by atoms with Gasteiger partial charge in [-0.1, -0.05) is 0 Å². The summed E-state index contributed by atoms with van der Waals surface area (Å²) in [6.07, 6.45) is 0.732. The maximum absolute atomic E-state index is 11.2. The van der Waals surface area contributed by atoms with Gasteiger partial charge in [0.2, 0.25) is 11.8 Å². The Hall–Kier alpha value is -1.43. The van der Waals surface area contributed by atoms with Crippen molar-refractivity contribution in [3.8, 4) is 0 Å². The van der Waals surface area contributed by atoms with Crippen LogP contribution >= 0.6 is 0 Å². The number of rotatable bonds is 5. The number of likely N-dealkylation sites (N-methyl/N-ethyl adjacent to an activating group) is 1. The number of imide groups is 1. The Morgan fingerprint density at radius 3 is 2.40 bits per heavy atom. The third-order valence-electron chi connectivity index (χ3n) is 2.44. The van der Waals surface area contributed by atoms with Crippen molar-refractivity contribution < 1.29 is 19.5 Å². The maximum Gasteiger partial charge on any atom is 0.320 e. The van der Waals surface area contributed by atoms with Crippen LogP contribution in [0.1, 0.15) is 19.3 Å². The van der Waals surface area contributed by atoms with Crippen molar-refractivity contribution in [1.82, 2.24) is 10.2 Å².